The predicted molar refractivity (Wildman–Crippen MR) is 232 cm³/mol. The topological polar surface area (TPSA) is 9.23 Å². The summed E-state index contributed by atoms with van der Waals surface area (Å²) in [6.07, 6.45) is 0. The number of hydrogen-bond donors (Lipinski definition) is 0. The van der Waals surface area contributed by atoms with Crippen LogP contribution in [0.3, 0.4) is 0 Å². The molecule has 0 heterocycles. The summed E-state index contributed by atoms with van der Waals surface area (Å²) < 4.78 is 6.34. The van der Waals surface area contributed by atoms with E-state index >= 15 is 0 Å². The summed E-state index contributed by atoms with van der Waals surface area (Å²) in [5.74, 6) is 0.997. The van der Waals surface area contributed by atoms with Crippen LogP contribution in [0.15, 0.2) is 84.9 Å². The van der Waals surface area contributed by atoms with Crippen molar-refractivity contribution in [2.45, 2.75) is 106 Å². The first-order valence-corrected chi connectivity index (χ1v) is 21.0. The molecular formula is C49H62OSiZr. The number of methoxy groups -OCH3 is 1. The minimum atomic E-state index is -2.23. The Morgan fingerprint density at radius 3 is 1.48 bits per heavy atom. The Morgan fingerprint density at radius 1 is 0.558 bits per heavy atom. The van der Waals surface area contributed by atoms with Crippen LogP contribution in [0.5, 0.6) is 5.75 Å². The number of benzene rings is 4. The van der Waals surface area contributed by atoms with Gasteiger partial charge < -0.3 is 19.6 Å². The maximum absolute atomic E-state index is 6.34. The molecule has 0 fully saturated rings. The summed E-state index contributed by atoms with van der Waals surface area (Å²) in [6.45, 7) is 30.4. The van der Waals surface area contributed by atoms with Gasteiger partial charge in [0.15, 0.2) is 0 Å². The Kier molecular flexibility index (Phi) is 12.5. The third-order valence-corrected chi connectivity index (χ3v) is 14.7. The molecule has 1 nitrogen and oxygen atoms in total. The molecule has 0 aliphatic heterocycles. The molecule has 0 amide bonds. The smallest absolute Gasteiger partial charge is 0.498 e. The van der Waals surface area contributed by atoms with Gasteiger partial charge in [-0.3, -0.25) is 0 Å². The van der Waals surface area contributed by atoms with Gasteiger partial charge in [-0.25, -0.2) is 0 Å². The van der Waals surface area contributed by atoms with E-state index in [1.165, 1.54) is 71.6 Å². The van der Waals surface area contributed by atoms with Gasteiger partial charge in [0.05, 0.1) is 7.11 Å². The second kappa shape index (κ2) is 15.0. The van der Waals surface area contributed by atoms with E-state index in [2.05, 4.69) is 174 Å². The van der Waals surface area contributed by atoms with Gasteiger partial charge in [-0.05, 0) is 49.6 Å². The van der Waals surface area contributed by atoms with Crippen molar-refractivity contribution in [3.05, 3.63) is 128 Å². The van der Waals surface area contributed by atoms with Crippen molar-refractivity contribution in [3.8, 4) is 28.0 Å². The maximum atomic E-state index is 6.34. The fourth-order valence-electron chi connectivity index (χ4n) is 8.36. The van der Waals surface area contributed by atoms with Crippen LogP contribution >= 0.6 is 0 Å². The molecule has 0 saturated heterocycles. The molecule has 0 saturated carbocycles. The number of hydrogen-bond acceptors (Lipinski definition) is 1. The zero-order chi connectivity index (χ0) is 35.8. The Morgan fingerprint density at radius 2 is 1.02 bits per heavy atom. The second-order valence-corrected chi connectivity index (χ2v) is 22.2. The molecule has 6 rings (SSSR count). The first kappa shape index (κ1) is 43.4. The quantitative estimate of drug-likeness (QED) is 0.125. The first-order valence-electron chi connectivity index (χ1n) is 18.0. The van der Waals surface area contributed by atoms with Crippen molar-refractivity contribution in [2.75, 3.05) is 7.11 Å². The SMILES string of the molecule is COc1c(C(C)(C)C)cc2c(cc(C)[c-]2[Si](C)(C)[c-]2c(C)cc3c(-c4ccc(C(C)(C)C)cc4)cccc32)c1-c1ccc(C(C)(C)C)cc1.[CH3-].[CH3-].[Zr+4]. The van der Waals surface area contributed by atoms with Gasteiger partial charge in [-0.1, -0.05) is 149 Å². The minimum absolute atomic E-state index is 0. The normalized spacial score (nSPS) is 12.3. The van der Waals surface area contributed by atoms with Gasteiger partial charge in [0.2, 0.25) is 0 Å². The molecule has 0 spiro atoms. The fraction of sp³-hybridized carbons (Fsp3) is 0.347. The van der Waals surface area contributed by atoms with Gasteiger partial charge in [-0.15, -0.1) is 61.2 Å². The Hall–Kier alpha value is -3.00. The average molecular weight is 786 g/mol. The van der Waals surface area contributed by atoms with Crippen molar-refractivity contribution in [2.24, 2.45) is 0 Å². The van der Waals surface area contributed by atoms with E-state index in [1.807, 2.05) is 7.11 Å². The van der Waals surface area contributed by atoms with E-state index in [9.17, 15) is 0 Å². The van der Waals surface area contributed by atoms with Crippen LogP contribution in [0, 0.1) is 28.7 Å². The van der Waals surface area contributed by atoms with Crippen LogP contribution in [0.4, 0.5) is 0 Å². The monoisotopic (exact) mass is 784 g/mol. The predicted octanol–water partition coefficient (Wildman–Crippen LogP) is 13.0. The fourth-order valence-corrected chi connectivity index (χ4v) is 12.5. The van der Waals surface area contributed by atoms with Gasteiger partial charge in [0, 0.05) is 8.07 Å². The third kappa shape index (κ3) is 7.52. The van der Waals surface area contributed by atoms with Crippen molar-refractivity contribution >= 4 is 40.0 Å². The molecular weight excluding hydrogens is 724 g/mol. The summed E-state index contributed by atoms with van der Waals surface area (Å²) in [6, 6.07) is 32.7. The summed E-state index contributed by atoms with van der Waals surface area (Å²) >= 11 is 0. The molecule has 52 heavy (non-hydrogen) atoms. The van der Waals surface area contributed by atoms with E-state index in [1.54, 1.807) is 10.4 Å². The number of aryl methyl sites for hydroxylation is 2. The summed E-state index contributed by atoms with van der Waals surface area (Å²) in [5.41, 5.74) is 11.9. The van der Waals surface area contributed by atoms with Gasteiger partial charge >= 0.3 is 26.2 Å². The van der Waals surface area contributed by atoms with Gasteiger partial charge in [0.25, 0.3) is 0 Å². The van der Waals surface area contributed by atoms with E-state index in [0.29, 0.717) is 0 Å². The molecule has 0 radical (unpaired) electrons. The number of fused-ring (bicyclic) bond motifs is 2. The molecule has 272 valence electrons. The van der Waals surface area contributed by atoms with Crippen molar-refractivity contribution in [1.82, 2.24) is 0 Å². The first-order chi connectivity index (χ1) is 22.7. The van der Waals surface area contributed by atoms with Crippen LogP contribution in [0.1, 0.15) is 90.1 Å². The zero-order valence-corrected chi connectivity index (χ0v) is 38.4. The number of ether oxygens (including phenoxy) is 1. The van der Waals surface area contributed by atoms with Crippen LogP contribution in [-0.2, 0) is 42.4 Å². The molecule has 6 aromatic carbocycles. The standard InChI is InChI=1S/C47H56OSi.2CH3.Zr/c1-29-26-37-35(31-18-22-33(23-19-31)45(3,4)5)16-15-17-36(37)43(29)49(13,14)44-30(2)27-38-39(44)28-40(47(9,10)11)42(48-12)41(38)32-20-24-34(25-21-32)46(6,7)8;;;/h15-28H,1-14H3;2*1H3;/q-2;2*-1;+4. The number of rotatable bonds is 5. The van der Waals surface area contributed by atoms with Crippen LogP contribution in [0.2, 0.25) is 13.1 Å². The van der Waals surface area contributed by atoms with Crippen LogP contribution < -0.4 is 15.1 Å². The van der Waals surface area contributed by atoms with Crippen LogP contribution in [0.25, 0.3) is 43.8 Å². The summed E-state index contributed by atoms with van der Waals surface area (Å²) in [7, 11) is -0.395. The summed E-state index contributed by atoms with van der Waals surface area (Å²) in [5, 5.41) is 8.55. The van der Waals surface area contributed by atoms with E-state index < -0.39 is 8.07 Å². The molecule has 0 bridgehead atoms. The van der Waals surface area contributed by atoms with E-state index in [-0.39, 0.29) is 57.3 Å². The minimum Gasteiger partial charge on any atom is -0.498 e. The molecule has 0 aliphatic rings. The maximum Gasteiger partial charge on any atom is 4.00 e. The average Bonchev–Trinajstić information content (AvgIpc) is 3.54. The molecule has 0 N–H and O–H groups in total. The van der Waals surface area contributed by atoms with Crippen LogP contribution in [-0.4, -0.2) is 15.2 Å². The molecule has 6 aromatic rings. The largest absolute Gasteiger partial charge is 4.00 e. The zero-order valence-electron chi connectivity index (χ0n) is 35.0. The molecule has 0 aliphatic carbocycles. The second-order valence-electron chi connectivity index (χ2n) is 18.0. The molecule has 0 atom stereocenters. The van der Waals surface area contributed by atoms with Gasteiger partial charge in [-0.2, -0.15) is 12.1 Å². The molecule has 3 heteroatoms. The van der Waals surface area contributed by atoms with E-state index in [0.717, 1.165) is 5.75 Å². The third-order valence-electron chi connectivity index (χ3n) is 10.8. The Balaban J connectivity index is 0.00000243. The van der Waals surface area contributed by atoms with Crippen molar-refractivity contribution < 1.29 is 30.9 Å². The Bertz CT molecular complexity index is 2170. The van der Waals surface area contributed by atoms with Crippen molar-refractivity contribution in [3.63, 3.8) is 0 Å². The van der Waals surface area contributed by atoms with Crippen molar-refractivity contribution in [1.29, 1.82) is 0 Å². The van der Waals surface area contributed by atoms with Gasteiger partial charge in [0.1, 0.15) is 5.75 Å². The molecule has 0 aromatic heterocycles. The Labute approximate surface area is 337 Å². The molecule has 0 unspecified atom stereocenters. The van der Waals surface area contributed by atoms with E-state index in [4.69, 9.17) is 4.74 Å². The summed E-state index contributed by atoms with van der Waals surface area (Å²) in [4.78, 5) is 0.